The van der Waals surface area contributed by atoms with Gasteiger partial charge < -0.3 is 15.4 Å². The van der Waals surface area contributed by atoms with Crippen molar-refractivity contribution >= 4 is 29.6 Å². The summed E-state index contributed by atoms with van der Waals surface area (Å²) < 4.78 is 73.3. The van der Waals surface area contributed by atoms with Crippen LogP contribution in [0.5, 0.6) is 0 Å². The average Bonchev–Trinajstić information content (AvgIpc) is 3.49. The summed E-state index contributed by atoms with van der Waals surface area (Å²) in [4.78, 5) is 33.7. The highest BCUT2D eigenvalue weighted by Crippen LogP contribution is 2.43. The first kappa shape index (κ1) is 37.6. The lowest BCUT2D eigenvalue weighted by Gasteiger charge is -2.35. The molecule has 6 rings (SSSR count). The molecule has 0 spiro atoms. The molecule has 3 N–H and O–H groups in total. The van der Waals surface area contributed by atoms with E-state index < -0.39 is 66.0 Å². The lowest BCUT2D eigenvalue weighted by molar-refractivity contribution is -0.150. The number of nitrogens with zero attached hydrogens (tertiary/aromatic N) is 8. The average molecular weight is 764 g/mol. The number of hydrogen-bond donors (Lipinski definition) is 3. The number of aromatic nitrogens is 7. The van der Waals surface area contributed by atoms with Gasteiger partial charge in [-0.25, -0.2) is 23.2 Å². The summed E-state index contributed by atoms with van der Waals surface area (Å²) in [6.07, 6.45) is -6.26. The number of carbonyl (C=O) groups excluding carboxylic acids is 2. The van der Waals surface area contributed by atoms with Crippen LogP contribution in [0.15, 0.2) is 48.8 Å². The predicted molar refractivity (Wildman–Crippen MR) is 179 cm³/mol. The molecule has 1 saturated carbocycles. The summed E-state index contributed by atoms with van der Waals surface area (Å²) in [5.41, 5.74) is -0.907. The van der Waals surface area contributed by atoms with E-state index >= 15 is 0 Å². The van der Waals surface area contributed by atoms with Crippen molar-refractivity contribution in [1.29, 1.82) is 5.41 Å². The number of hydrogen-bond acceptors (Lipinski definition) is 9. The van der Waals surface area contributed by atoms with Crippen molar-refractivity contribution in [1.82, 2.24) is 50.5 Å². The van der Waals surface area contributed by atoms with Crippen molar-refractivity contribution in [2.75, 3.05) is 6.61 Å². The van der Waals surface area contributed by atoms with Gasteiger partial charge in [0.1, 0.15) is 24.5 Å². The minimum atomic E-state index is -4.77. The maximum Gasteiger partial charge on any atom is 0.408 e. The molecular weight excluding hydrogens is 729 g/mol. The van der Waals surface area contributed by atoms with Crippen LogP contribution in [0, 0.1) is 10.8 Å². The predicted octanol–water partition coefficient (Wildman–Crippen LogP) is 6.26. The number of carbonyl (C=O) groups is 2. The Morgan fingerprint density at radius 1 is 1.15 bits per heavy atom. The number of guanidine groups is 1. The van der Waals surface area contributed by atoms with E-state index in [1.54, 1.807) is 34.4 Å². The Bertz CT molecular complexity index is 2010. The van der Waals surface area contributed by atoms with Gasteiger partial charge in [0.2, 0.25) is 5.82 Å². The highest BCUT2D eigenvalue weighted by Gasteiger charge is 2.54. The van der Waals surface area contributed by atoms with E-state index in [-0.39, 0.29) is 28.7 Å². The van der Waals surface area contributed by atoms with Crippen LogP contribution >= 0.6 is 11.6 Å². The summed E-state index contributed by atoms with van der Waals surface area (Å²) in [5.74, 6) is -1.40. The Balaban J connectivity index is 1.39. The summed E-state index contributed by atoms with van der Waals surface area (Å²) in [6.45, 7) is 5.69. The molecule has 0 bridgehead atoms. The van der Waals surface area contributed by atoms with E-state index in [0.29, 0.717) is 17.0 Å². The number of alkyl halides is 5. The summed E-state index contributed by atoms with van der Waals surface area (Å²) in [5, 5.41) is 30.4. The number of ether oxygens (including phenoxy) is 1. The van der Waals surface area contributed by atoms with Crippen LogP contribution in [0.25, 0.3) is 17.1 Å². The standard InChI is InChI=1S/C33H35ClF5N11O3/c1-17(33(37,38)39)43-30(52)53-14-24(19-7-12-22(34)23(13-19)49-27(25(35)36)41-16-42-49)48-28(51)32(44-29(48)40,15-31(2,3)4)20-8-5-18(6-9-20)26-45-47-50(46-26)21-10-11-21/h5-9,12-13,16-17,21,24-25H,10-11,14-15H2,1-4H3,(H2,40,44)(H,43,52)/t17-,24+,32+/m0/s1. The Morgan fingerprint density at radius 2 is 1.85 bits per heavy atom. The first-order valence-corrected chi connectivity index (χ1v) is 16.8. The Labute approximate surface area is 304 Å². The molecule has 0 radical (unpaired) electrons. The van der Waals surface area contributed by atoms with E-state index in [4.69, 9.17) is 21.7 Å². The van der Waals surface area contributed by atoms with Crippen LogP contribution in [0.3, 0.4) is 0 Å². The molecule has 3 heterocycles. The van der Waals surface area contributed by atoms with Gasteiger partial charge in [-0.1, -0.05) is 62.7 Å². The third-order valence-electron chi connectivity index (χ3n) is 8.75. The van der Waals surface area contributed by atoms with Crippen molar-refractivity contribution in [2.45, 2.75) is 83.2 Å². The summed E-state index contributed by atoms with van der Waals surface area (Å²) in [6, 6.07) is 7.49. The van der Waals surface area contributed by atoms with Gasteiger partial charge >= 0.3 is 12.3 Å². The number of nitrogens with one attached hydrogen (secondary N) is 3. The molecule has 1 aliphatic carbocycles. The van der Waals surface area contributed by atoms with Crippen LogP contribution in [0.2, 0.25) is 5.02 Å². The maximum atomic E-state index is 14.9. The van der Waals surface area contributed by atoms with E-state index in [9.17, 15) is 31.5 Å². The Hall–Kier alpha value is -5.20. The second kappa shape index (κ2) is 14.0. The fraction of sp³-hybridized carbons (Fsp3) is 0.455. The highest BCUT2D eigenvalue weighted by molar-refractivity contribution is 6.32. The van der Waals surface area contributed by atoms with Crippen LogP contribution in [0.1, 0.15) is 82.4 Å². The van der Waals surface area contributed by atoms with Gasteiger partial charge in [-0.3, -0.25) is 15.1 Å². The normalized spacial score (nSPS) is 19.0. The van der Waals surface area contributed by atoms with Crippen molar-refractivity contribution in [2.24, 2.45) is 5.41 Å². The number of alkyl carbamates (subject to hydrolysis) is 1. The molecule has 1 saturated heterocycles. The lowest BCUT2D eigenvalue weighted by Crippen LogP contribution is -2.47. The largest absolute Gasteiger partial charge is 0.447 e. The summed E-state index contributed by atoms with van der Waals surface area (Å²) >= 11 is 6.40. The van der Waals surface area contributed by atoms with Crippen LogP contribution in [0.4, 0.5) is 26.7 Å². The third kappa shape index (κ3) is 7.79. The molecule has 2 aliphatic rings. The van der Waals surface area contributed by atoms with Gasteiger partial charge in [0.05, 0.1) is 22.8 Å². The number of halogens is 6. The number of amides is 2. The molecule has 2 aromatic heterocycles. The topological polar surface area (TPSA) is 169 Å². The van der Waals surface area contributed by atoms with Gasteiger partial charge in [-0.05, 0) is 60.1 Å². The highest BCUT2D eigenvalue weighted by atomic mass is 35.5. The zero-order chi connectivity index (χ0) is 38.5. The fourth-order valence-electron chi connectivity index (χ4n) is 6.10. The second-order valence-electron chi connectivity index (χ2n) is 14.1. The molecule has 4 aromatic rings. The van der Waals surface area contributed by atoms with Gasteiger partial charge in [0.15, 0.2) is 11.8 Å². The van der Waals surface area contributed by atoms with Crippen molar-refractivity contribution < 1.29 is 36.3 Å². The molecule has 2 fully saturated rings. The Morgan fingerprint density at radius 3 is 2.47 bits per heavy atom. The molecular formula is C33H35ClF5N11O3. The van der Waals surface area contributed by atoms with Gasteiger partial charge in [0, 0.05) is 5.56 Å². The van der Waals surface area contributed by atoms with Crippen molar-refractivity contribution in [3.8, 4) is 17.1 Å². The van der Waals surface area contributed by atoms with E-state index in [1.807, 2.05) is 20.8 Å². The number of tetrazole rings is 1. The molecule has 53 heavy (non-hydrogen) atoms. The van der Waals surface area contributed by atoms with E-state index in [0.717, 1.165) is 35.7 Å². The van der Waals surface area contributed by atoms with E-state index in [1.165, 1.54) is 18.2 Å². The lowest BCUT2D eigenvalue weighted by atomic mass is 9.75. The van der Waals surface area contributed by atoms with Gasteiger partial charge in [-0.15, -0.1) is 10.2 Å². The Kier molecular flexibility index (Phi) is 9.91. The minimum Gasteiger partial charge on any atom is -0.447 e. The van der Waals surface area contributed by atoms with Crippen LogP contribution < -0.4 is 10.6 Å². The smallest absolute Gasteiger partial charge is 0.408 e. The molecule has 282 valence electrons. The SMILES string of the molecule is C[C@H](NC(=O)OC[C@H](c1ccc(Cl)c(-n2ncnc2C(F)F)c1)N1C(=N)N[C@](CC(C)(C)C)(c2ccc(-c3nnn(C4CC4)n3)cc2)C1=O)C(F)(F)F. The zero-order valence-corrected chi connectivity index (χ0v) is 29.6. The quantitative estimate of drug-likeness (QED) is 0.149. The molecule has 20 heteroatoms. The minimum absolute atomic E-state index is 0.0349. The zero-order valence-electron chi connectivity index (χ0n) is 28.8. The fourth-order valence-corrected chi connectivity index (χ4v) is 6.29. The molecule has 2 aromatic carbocycles. The molecule has 0 unspecified atom stereocenters. The molecule has 3 atom stereocenters. The van der Waals surface area contributed by atoms with Crippen molar-refractivity contribution in [3.63, 3.8) is 0 Å². The summed E-state index contributed by atoms with van der Waals surface area (Å²) in [7, 11) is 0. The van der Waals surface area contributed by atoms with Crippen molar-refractivity contribution in [3.05, 3.63) is 70.8 Å². The molecule has 1 aliphatic heterocycles. The van der Waals surface area contributed by atoms with E-state index in [2.05, 4.69) is 30.8 Å². The first-order chi connectivity index (χ1) is 24.9. The first-order valence-electron chi connectivity index (χ1n) is 16.5. The number of benzene rings is 2. The maximum absolute atomic E-state index is 14.9. The van der Waals surface area contributed by atoms with Gasteiger partial charge in [0.25, 0.3) is 12.3 Å². The third-order valence-corrected chi connectivity index (χ3v) is 9.07. The molecule has 2 amide bonds. The van der Waals surface area contributed by atoms with Crippen LogP contribution in [-0.4, -0.2) is 76.7 Å². The monoisotopic (exact) mass is 763 g/mol. The van der Waals surface area contributed by atoms with Crippen LogP contribution in [-0.2, 0) is 15.1 Å². The van der Waals surface area contributed by atoms with Gasteiger partial charge in [-0.2, -0.15) is 23.1 Å². The molecule has 14 nitrogen and oxygen atoms in total. The number of rotatable bonds is 11. The second-order valence-corrected chi connectivity index (χ2v) is 14.5.